The molecule has 7 heteroatoms. The lowest BCUT2D eigenvalue weighted by molar-refractivity contribution is -0.383. The predicted octanol–water partition coefficient (Wildman–Crippen LogP) is 2.56. The average molecular weight is 286 g/mol. The molecule has 104 valence electrons. The second-order valence-electron chi connectivity index (χ2n) is 4.49. The first-order valence-electron chi connectivity index (χ1n) is 5.79. The van der Waals surface area contributed by atoms with Crippen LogP contribution in [0.1, 0.15) is 20.3 Å². The van der Waals surface area contributed by atoms with Gasteiger partial charge in [-0.15, -0.1) is 0 Å². The minimum Gasteiger partial charge on any atom is -0.329 e. The monoisotopic (exact) mass is 285 g/mol. The first kappa shape index (κ1) is 15.4. The van der Waals surface area contributed by atoms with E-state index in [-0.39, 0.29) is 28.8 Å². The number of benzene rings is 1. The molecule has 0 aliphatic heterocycles. The van der Waals surface area contributed by atoms with Crippen LogP contribution in [0.25, 0.3) is 0 Å². The molecule has 0 aromatic heterocycles. The largest absolute Gasteiger partial charge is 0.329 e. The van der Waals surface area contributed by atoms with Gasteiger partial charge in [-0.05, 0) is 25.5 Å². The van der Waals surface area contributed by atoms with Gasteiger partial charge in [-0.3, -0.25) is 14.9 Å². The van der Waals surface area contributed by atoms with Gasteiger partial charge in [0.05, 0.1) is 10.3 Å². The van der Waals surface area contributed by atoms with Crippen LogP contribution in [0.4, 0.5) is 11.4 Å². The molecule has 0 saturated carbocycles. The van der Waals surface area contributed by atoms with E-state index in [4.69, 9.17) is 17.3 Å². The molecule has 0 aliphatic rings. The standard InChI is InChI=1S/C12H16ClN3O3/c1-3-12(2,7-14)11(17)15-9-5-4-8(13)6-10(9)16(18)19/h4-6H,3,7,14H2,1-2H3,(H,15,17). The number of hydrogen-bond donors (Lipinski definition) is 2. The van der Waals surface area contributed by atoms with Crippen LogP contribution in [0.5, 0.6) is 0 Å². The number of carbonyl (C=O) groups excluding carboxylic acids is 1. The van der Waals surface area contributed by atoms with E-state index >= 15 is 0 Å². The van der Waals surface area contributed by atoms with Crippen LogP contribution >= 0.6 is 11.6 Å². The number of carbonyl (C=O) groups is 1. The van der Waals surface area contributed by atoms with Crippen LogP contribution in [0.2, 0.25) is 5.02 Å². The summed E-state index contributed by atoms with van der Waals surface area (Å²) in [7, 11) is 0. The molecule has 0 aliphatic carbocycles. The van der Waals surface area contributed by atoms with E-state index in [0.29, 0.717) is 6.42 Å². The third kappa shape index (κ3) is 3.42. The molecule has 1 unspecified atom stereocenters. The lowest BCUT2D eigenvalue weighted by atomic mass is 9.86. The van der Waals surface area contributed by atoms with E-state index in [1.165, 1.54) is 18.2 Å². The van der Waals surface area contributed by atoms with Gasteiger partial charge in [-0.25, -0.2) is 0 Å². The zero-order valence-corrected chi connectivity index (χ0v) is 11.5. The molecule has 0 saturated heterocycles. The van der Waals surface area contributed by atoms with E-state index in [2.05, 4.69) is 5.32 Å². The maximum absolute atomic E-state index is 12.1. The summed E-state index contributed by atoms with van der Waals surface area (Å²) >= 11 is 5.70. The van der Waals surface area contributed by atoms with Crippen molar-refractivity contribution in [2.24, 2.45) is 11.1 Å². The highest BCUT2D eigenvalue weighted by Gasteiger charge is 2.31. The zero-order chi connectivity index (χ0) is 14.6. The van der Waals surface area contributed by atoms with Gasteiger partial charge < -0.3 is 11.1 Å². The van der Waals surface area contributed by atoms with Gasteiger partial charge in [-0.2, -0.15) is 0 Å². The first-order chi connectivity index (χ1) is 8.84. The fourth-order valence-corrected chi connectivity index (χ4v) is 1.60. The number of hydrogen-bond acceptors (Lipinski definition) is 4. The summed E-state index contributed by atoms with van der Waals surface area (Å²) in [6.45, 7) is 3.71. The topological polar surface area (TPSA) is 98.3 Å². The molecule has 19 heavy (non-hydrogen) atoms. The lowest BCUT2D eigenvalue weighted by Crippen LogP contribution is -2.39. The number of rotatable bonds is 5. The van der Waals surface area contributed by atoms with E-state index in [9.17, 15) is 14.9 Å². The summed E-state index contributed by atoms with van der Waals surface area (Å²) in [4.78, 5) is 22.4. The number of nitro groups is 1. The van der Waals surface area contributed by atoms with Crippen LogP contribution < -0.4 is 11.1 Å². The van der Waals surface area contributed by atoms with Crippen LogP contribution in [0, 0.1) is 15.5 Å². The Morgan fingerprint density at radius 3 is 2.68 bits per heavy atom. The fraction of sp³-hybridized carbons (Fsp3) is 0.417. The van der Waals surface area contributed by atoms with Crippen LogP contribution in [-0.4, -0.2) is 17.4 Å². The number of nitrogens with zero attached hydrogens (tertiary/aromatic N) is 1. The molecule has 3 N–H and O–H groups in total. The third-order valence-electron chi connectivity index (χ3n) is 3.18. The summed E-state index contributed by atoms with van der Waals surface area (Å²) in [6, 6.07) is 4.09. The van der Waals surface area contributed by atoms with Crippen LogP contribution in [0.15, 0.2) is 18.2 Å². The Kier molecular flexibility index (Phi) is 4.85. The molecule has 1 aromatic rings. The molecule has 0 radical (unpaired) electrons. The molecule has 1 atom stereocenters. The smallest absolute Gasteiger partial charge is 0.294 e. The van der Waals surface area contributed by atoms with Gasteiger partial charge in [0.25, 0.3) is 5.69 Å². The van der Waals surface area contributed by atoms with Gasteiger partial charge in [0.1, 0.15) is 5.69 Å². The maximum Gasteiger partial charge on any atom is 0.294 e. The molecular weight excluding hydrogens is 270 g/mol. The average Bonchev–Trinajstić information content (AvgIpc) is 2.39. The molecular formula is C12H16ClN3O3. The van der Waals surface area contributed by atoms with Crippen molar-refractivity contribution in [2.45, 2.75) is 20.3 Å². The lowest BCUT2D eigenvalue weighted by Gasteiger charge is -2.24. The maximum atomic E-state index is 12.1. The fourth-order valence-electron chi connectivity index (χ4n) is 1.43. The molecule has 0 spiro atoms. The summed E-state index contributed by atoms with van der Waals surface area (Å²) in [5, 5.41) is 13.7. The normalized spacial score (nSPS) is 13.7. The van der Waals surface area contributed by atoms with Crippen molar-refractivity contribution in [1.82, 2.24) is 0 Å². The quantitative estimate of drug-likeness (QED) is 0.641. The molecule has 1 aromatic carbocycles. The second kappa shape index (κ2) is 5.99. The summed E-state index contributed by atoms with van der Waals surface area (Å²) in [5.41, 5.74) is 4.70. The Labute approximate surface area is 116 Å². The number of nitro benzene ring substituents is 1. The minimum absolute atomic E-state index is 0.118. The van der Waals surface area contributed by atoms with Crippen molar-refractivity contribution >= 4 is 28.9 Å². The molecule has 0 heterocycles. The third-order valence-corrected chi connectivity index (χ3v) is 3.42. The number of nitrogens with one attached hydrogen (secondary N) is 1. The Bertz CT molecular complexity index is 501. The first-order valence-corrected chi connectivity index (χ1v) is 6.17. The zero-order valence-electron chi connectivity index (χ0n) is 10.8. The highest BCUT2D eigenvalue weighted by atomic mass is 35.5. The van der Waals surface area contributed by atoms with E-state index < -0.39 is 10.3 Å². The molecule has 0 bridgehead atoms. The Morgan fingerprint density at radius 2 is 2.21 bits per heavy atom. The molecule has 1 rings (SSSR count). The number of halogens is 1. The molecule has 1 amide bonds. The Hall–Kier alpha value is -1.66. The summed E-state index contributed by atoms with van der Waals surface area (Å²) in [6.07, 6.45) is 0.538. The molecule has 0 fully saturated rings. The van der Waals surface area contributed by atoms with E-state index in [1.54, 1.807) is 6.92 Å². The van der Waals surface area contributed by atoms with Gasteiger partial charge in [0.15, 0.2) is 0 Å². The SMILES string of the molecule is CCC(C)(CN)C(=O)Nc1ccc(Cl)cc1[N+](=O)[O-]. The highest BCUT2D eigenvalue weighted by molar-refractivity contribution is 6.31. The number of amides is 1. The van der Waals surface area contributed by atoms with Gasteiger partial charge in [-0.1, -0.05) is 18.5 Å². The van der Waals surface area contributed by atoms with Crippen LogP contribution in [0.3, 0.4) is 0 Å². The Morgan fingerprint density at radius 1 is 1.58 bits per heavy atom. The van der Waals surface area contributed by atoms with Crippen LogP contribution in [-0.2, 0) is 4.79 Å². The van der Waals surface area contributed by atoms with E-state index in [0.717, 1.165) is 0 Å². The van der Waals surface area contributed by atoms with Crippen molar-refractivity contribution in [3.8, 4) is 0 Å². The predicted molar refractivity (Wildman–Crippen MR) is 74.2 cm³/mol. The number of nitrogens with two attached hydrogens (primary N) is 1. The van der Waals surface area contributed by atoms with E-state index in [1.807, 2.05) is 6.92 Å². The van der Waals surface area contributed by atoms with Crippen molar-refractivity contribution in [3.05, 3.63) is 33.3 Å². The van der Waals surface area contributed by atoms with Gasteiger partial charge in [0.2, 0.25) is 5.91 Å². The second-order valence-corrected chi connectivity index (χ2v) is 4.93. The Balaban J connectivity index is 3.06. The van der Waals surface area contributed by atoms with Crippen molar-refractivity contribution in [3.63, 3.8) is 0 Å². The number of anilines is 1. The van der Waals surface area contributed by atoms with Crippen molar-refractivity contribution in [1.29, 1.82) is 0 Å². The highest BCUT2D eigenvalue weighted by Crippen LogP contribution is 2.30. The minimum atomic E-state index is -0.756. The van der Waals surface area contributed by atoms with Crippen molar-refractivity contribution in [2.75, 3.05) is 11.9 Å². The molecule has 6 nitrogen and oxygen atoms in total. The van der Waals surface area contributed by atoms with Gasteiger partial charge in [0, 0.05) is 17.6 Å². The van der Waals surface area contributed by atoms with Crippen molar-refractivity contribution < 1.29 is 9.72 Å². The summed E-state index contributed by atoms with van der Waals surface area (Å²) < 4.78 is 0. The summed E-state index contributed by atoms with van der Waals surface area (Å²) in [5.74, 6) is -0.345. The van der Waals surface area contributed by atoms with Gasteiger partial charge >= 0.3 is 0 Å².